The fraction of sp³-hybridized carbons (Fsp3) is 0.423. The van der Waals surface area contributed by atoms with Crippen LogP contribution in [-0.4, -0.2) is 65.7 Å². The largest absolute Gasteiger partial charge is 0.480 e. The lowest BCUT2D eigenvalue weighted by Gasteiger charge is -2.24. The maximum absolute atomic E-state index is 12.8. The highest BCUT2D eigenvalue weighted by atomic mass is 32.2. The third-order valence-electron chi connectivity index (χ3n) is 6.48. The lowest BCUT2D eigenvalue weighted by atomic mass is 9.98. The first-order valence-electron chi connectivity index (χ1n) is 11.6. The summed E-state index contributed by atoms with van der Waals surface area (Å²) in [5, 5.41) is 12.0. The summed E-state index contributed by atoms with van der Waals surface area (Å²) < 4.78 is 5.65. The van der Waals surface area contributed by atoms with Crippen LogP contribution in [0.5, 0.6) is 0 Å². The van der Waals surface area contributed by atoms with Crippen LogP contribution >= 0.6 is 11.8 Å². The predicted octanol–water partition coefficient (Wildman–Crippen LogP) is 3.97. The van der Waals surface area contributed by atoms with Crippen molar-refractivity contribution in [3.05, 3.63) is 59.7 Å². The number of ether oxygens (including phenoxy) is 1. The number of thioether (sulfide) groups is 1. The molecule has 0 aliphatic heterocycles. The first-order chi connectivity index (χ1) is 16.5. The highest BCUT2D eigenvalue weighted by molar-refractivity contribution is 7.98. The Morgan fingerprint density at radius 3 is 2.26 bits per heavy atom. The molecule has 0 spiro atoms. The highest BCUT2D eigenvalue weighted by Gasteiger charge is 2.36. The Morgan fingerprint density at radius 1 is 1.09 bits per heavy atom. The number of carbonyl (C=O) groups excluding carboxylic acids is 2. The lowest BCUT2D eigenvalue weighted by Crippen LogP contribution is -2.44. The van der Waals surface area contributed by atoms with Gasteiger partial charge in [0.15, 0.2) is 0 Å². The molecule has 0 heterocycles. The molecule has 0 aromatic heterocycles. The lowest BCUT2D eigenvalue weighted by molar-refractivity contribution is -0.144. The molecular formula is C26H30N2O5S. The van der Waals surface area contributed by atoms with E-state index in [-0.39, 0.29) is 43.4 Å². The Bertz CT molecular complexity index is 1010. The number of carboxylic acids is 1. The second-order valence-electron chi connectivity index (χ2n) is 8.82. The van der Waals surface area contributed by atoms with E-state index in [1.807, 2.05) is 30.5 Å². The van der Waals surface area contributed by atoms with Gasteiger partial charge < -0.3 is 20.1 Å². The topological polar surface area (TPSA) is 95.9 Å². The van der Waals surface area contributed by atoms with Crippen molar-refractivity contribution in [3.63, 3.8) is 0 Å². The number of aliphatic carboxylic acids is 1. The monoisotopic (exact) mass is 482 g/mol. The molecule has 1 fully saturated rings. The van der Waals surface area contributed by atoms with Crippen molar-refractivity contribution in [3.8, 4) is 11.1 Å². The summed E-state index contributed by atoms with van der Waals surface area (Å²) in [6.07, 6.45) is 3.32. The second kappa shape index (κ2) is 11.0. The van der Waals surface area contributed by atoms with Gasteiger partial charge in [0, 0.05) is 30.7 Å². The molecule has 4 rings (SSSR count). The van der Waals surface area contributed by atoms with Crippen molar-refractivity contribution in [2.24, 2.45) is 5.92 Å². The summed E-state index contributed by atoms with van der Waals surface area (Å²) >= 11 is 1.56. The number of alkyl carbamates (subject to hydrolysis) is 1. The SMILES string of the molecule is CSCCN(CC(=O)O)C(=O)CC(NC(=O)OCC1c2ccccc2-c2ccccc21)C1CC1. The molecule has 2 N–H and O–H groups in total. The number of carboxylic acid groups (broad SMARTS) is 1. The van der Waals surface area contributed by atoms with Gasteiger partial charge in [-0.05, 0) is 47.3 Å². The maximum atomic E-state index is 12.8. The molecule has 2 amide bonds. The van der Waals surface area contributed by atoms with Crippen LogP contribution in [0, 0.1) is 5.92 Å². The van der Waals surface area contributed by atoms with Gasteiger partial charge in [-0.2, -0.15) is 11.8 Å². The molecule has 0 saturated heterocycles. The Balaban J connectivity index is 1.37. The van der Waals surface area contributed by atoms with E-state index in [0.717, 1.165) is 35.1 Å². The summed E-state index contributed by atoms with van der Waals surface area (Å²) in [5.41, 5.74) is 4.61. The normalized spacial score (nSPS) is 15.2. The molecule has 1 unspecified atom stereocenters. The summed E-state index contributed by atoms with van der Waals surface area (Å²) in [6, 6.07) is 16.0. The number of hydrogen-bond acceptors (Lipinski definition) is 5. The van der Waals surface area contributed by atoms with Crippen LogP contribution in [0.1, 0.15) is 36.3 Å². The van der Waals surface area contributed by atoms with Gasteiger partial charge in [-0.15, -0.1) is 0 Å². The van der Waals surface area contributed by atoms with Gasteiger partial charge >= 0.3 is 12.1 Å². The number of fused-ring (bicyclic) bond motifs is 3. The Morgan fingerprint density at radius 2 is 1.71 bits per heavy atom. The van der Waals surface area contributed by atoms with Crippen LogP contribution in [0.4, 0.5) is 4.79 Å². The van der Waals surface area contributed by atoms with Crippen molar-refractivity contribution in [2.45, 2.75) is 31.2 Å². The number of amides is 2. The molecule has 0 radical (unpaired) electrons. The van der Waals surface area contributed by atoms with Crippen molar-refractivity contribution >= 4 is 29.7 Å². The Labute approximate surface area is 203 Å². The van der Waals surface area contributed by atoms with E-state index < -0.39 is 12.1 Å². The van der Waals surface area contributed by atoms with Gasteiger partial charge in [0.2, 0.25) is 5.91 Å². The zero-order chi connectivity index (χ0) is 24.1. The smallest absolute Gasteiger partial charge is 0.407 e. The minimum atomic E-state index is -1.04. The molecule has 0 bridgehead atoms. The Kier molecular flexibility index (Phi) is 7.77. The van der Waals surface area contributed by atoms with Gasteiger partial charge in [0.1, 0.15) is 13.2 Å². The summed E-state index contributed by atoms with van der Waals surface area (Å²) in [5.74, 6) is -0.449. The van der Waals surface area contributed by atoms with Gasteiger partial charge in [0.05, 0.1) is 0 Å². The van der Waals surface area contributed by atoms with Crippen LogP contribution in [-0.2, 0) is 14.3 Å². The van der Waals surface area contributed by atoms with Crippen molar-refractivity contribution in [1.82, 2.24) is 10.2 Å². The molecule has 2 aliphatic carbocycles. The first kappa shape index (κ1) is 24.1. The van der Waals surface area contributed by atoms with Gasteiger partial charge in [0.25, 0.3) is 0 Å². The molecule has 34 heavy (non-hydrogen) atoms. The predicted molar refractivity (Wildman–Crippen MR) is 132 cm³/mol. The number of hydrogen-bond donors (Lipinski definition) is 2. The van der Waals surface area contributed by atoms with E-state index >= 15 is 0 Å². The fourth-order valence-electron chi connectivity index (χ4n) is 4.60. The van der Waals surface area contributed by atoms with Crippen molar-refractivity contribution < 1.29 is 24.2 Å². The van der Waals surface area contributed by atoms with Crippen molar-refractivity contribution in [2.75, 3.05) is 31.7 Å². The van der Waals surface area contributed by atoms with E-state index in [9.17, 15) is 14.4 Å². The molecule has 2 aromatic rings. The Hall–Kier alpha value is -3.00. The first-order valence-corrected chi connectivity index (χ1v) is 13.0. The molecule has 1 saturated carbocycles. The third kappa shape index (κ3) is 5.73. The van der Waals surface area contributed by atoms with E-state index in [1.165, 1.54) is 4.90 Å². The van der Waals surface area contributed by atoms with Crippen LogP contribution in [0.15, 0.2) is 48.5 Å². The highest BCUT2D eigenvalue weighted by Crippen LogP contribution is 2.44. The molecule has 2 aromatic carbocycles. The average molecular weight is 483 g/mol. The van der Waals surface area contributed by atoms with E-state index in [1.54, 1.807) is 11.8 Å². The standard InChI is InChI=1S/C26H30N2O5S/c1-34-13-12-28(15-25(30)31)24(29)14-23(17-10-11-17)27-26(32)33-16-22-20-8-4-2-6-18(20)19-7-3-5-9-21(19)22/h2-9,17,22-23H,10-16H2,1H3,(H,27,32)(H,30,31). The quantitative estimate of drug-likeness (QED) is 0.503. The zero-order valence-corrected chi connectivity index (χ0v) is 20.1. The number of nitrogens with zero attached hydrogens (tertiary/aromatic N) is 1. The van der Waals surface area contributed by atoms with Gasteiger partial charge in [-0.3, -0.25) is 9.59 Å². The molecule has 2 aliphatic rings. The molecule has 180 valence electrons. The van der Waals surface area contributed by atoms with Crippen LogP contribution < -0.4 is 5.32 Å². The van der Waals surface area contributed by atoms with E-state index in [2.05, 4.69) is 29.6 Å². The number of rotatable bonds is 11. The average Bonchev–Trinajstić information content (AvgIpc) is 3.63. The minimum Gasteiger partial charge on any atom is -0.480 e. The third-order valence-corrected chi connectivity index (χ3v) is 7.07. The minimum absolute atomic E-state index is 0.0308. The summed E-state index contributed by atoms with van der Waals surface area (Å²) in [6.45, 7) is 0.250. The van der Waals surface area contributed by atoms with Crippen LogP contribution in [0.25, 0.3) is 11.1 Å². The molecule has 8 heteroatoms. The fourth-order valence-corrected chi connectivity index (χ4v) is 5.00. The van der Waals surface area contributed by atoms with Crippen LogP contribution in [0.2, 0.25) is 0 Å². The second-order valence-corrected chi connectivity index (χ2v) is 9.81. The van der Waals surface area contributed by atoms with E-state index in [4.69, 9.17) is 9.84 Å². The summed E-state index contributed by atoms with van der Waals surface area (Å²) in [4.78, 5) is 38.1. The van der Waals surface area contributed by atoms with Crippen molar-refractivity contribution in [1.29, 1.82) is 0 Å². The van der Waals surface area contributed by atoms with E-state index in [0.29, 0.717) is 12.3 Å². The number of nitrogens with one attached hydrogen (secondary N) is 1. The molecular weight excluding hydrogens is 452 g/mol. The number of benzene rings is 2. The number of carbonyl (C=O) groups is 3. The van der Waals surface area contributed by atoms with Crippen LogP contribution in [0.3, 0.4) is 0 Å². The zero-order valence-electron chi connectivity index (χ0n) is 19.2. The summed E-state index contributed by atoms with van der Waals surface area (Å²) in [7, 11) is 0. The molecule has 7 nitrogen and oxygen atoms in total. The van der Waals surface area contributed by atoms with Gasteiger partial charge in [-0.25, -0.2) is 4.79 Å². The van der Waals surface area contributed by atoms with Gasteiger partial charge in [-0.1, -0.05) is 48.5 Å². The molecule has 1 atom stereocenters. The maximum Gasteiger partial charge on any atom is 0.407 e.